The number of allylic oxidation sites excluding steroid dienone is 2. The van der Waals surface area contributed by atoms with Gasteiger partial charge in [0.1, 0.15) is 0 Å². The van der Waals surface area contributed by atoms with E-state index in [9.17, 15) is 0 Å². The zero-order valence-corrected chi connectivity index (χ0v) is 12.3. The van der Waals surface area contributed by atoms with Crippen LogP contribution in [0.2, 0.25) is 0 Å². The SMILES string of the molecule is C/C=C(/C)N=C(C)C(C)CC.CC.CC. The smallest absolute Gasteiger partial charge is 0.0329 e. The Labute approximate surface area is 97.7 Å². The monoisotopic (exact) mass is 213 g/mol. The van der Waals surface area contributed by atoms with Crippen LogP contribution in [0.1, 0.15) is 68.7 Å². The van der Waals surface area contributed by atoms with Crippen molar-refractivity contribution in [2.24, 2.45) is 10.9 Å². The molecule has 0 bridgehead atoms. The molecule has 1 nitrogen and oxygen atoms in total. The highest BCUT2D eigenvalue weighted by Crippen LogP contribution is 2.06. The van der Waals surface area contributed by atoms with Crippen LogP contribution in [0.5, 0.6) is 0 Å². The molecule has 0 rings (SSSR count). The molecule has 0 aliphatic heterocycles. The molecule has 0 aromatic carbocycles. The fourth-order valence-corrected chi connectivity index (χ4v) is 0.748. The van der Waals surface area contributed by atoms with Gasteiger partial charge in [-0.3, -0.25) is 4.99 Å². The molecule has 0 fully saturated rings. The third kappa shape index (κ3) is 13.4. The highest BCUT2D eigenvalue weighted by molar-refractivity contribution is 5.84. The standard InChI is InChI=1S/C10H19N.2C2H6/c1-6-8(3)10(5)11-9(4)7-2;2*1-2/h7-8H,6H2,1-5H3;2*1-2H3/b9-7-,11-10?;;. The molecule has 92 valence electrons. The number of aliphatic imine (C=N–C) groups is 1. The van der Waals surface area contributed by atoms with Crippen LogP contribution in [0.15, 0.2) is 16.8 Å². The van der Waals surface area contributed by atoms with E-state index in [-0.39, 0.29) is 0 Å². The van der Waals surface area contributed by atoms with E-state index in [4.69, 9.17) is 0 Å². The Bertz CT molecular complexity index is 166. The van der Waals surface area contributed by atoms with Crippen molar-refractivity contribution in [2.45, 2.75) is 68.7 Å². The topological polar surface area (TPSA) is 12.4 Å². The van der Waals surface area contributed by atoms with E-state index in [0.29, 0.717) is 5.92 Å². The van der Waals surface area contributed by atoms with Crippen molar-refractivity contribution in [3.63, 3.8) is 0 Å². The van der Waals surface area contributed by atoms with Gasteiger partial charge < -0.3 is 0 Å². The molecule has 0 spiro atoms. The van der Waals surface area contributed by atoms with E-state index < -0.39 is 0 Å². The second-order valence-corrected chi connectivity index (χ2v) is 2.99. The number of hydrogen-bond donors (Lipinski definition) is 0. The molecule has 1 heteroatoms. The normalized spacial score (nSPS) is 13.1. The minimum atomic E-state index is 0.616. The van der Waals surface area contributed by atoms with Gasteiger partial charge in [0.25, 0.3) is 0 Å². The minimum Gasteiger partial charge on any atom is -0.263 e. The van der Waals surface area contributed by atoms with E-state index in [2.05, 4.69) is 25.8 Å². The molecule has 1 atom stereocenters. The van der Waals surface area contributed by atoms with Crippen LogP contribution in [0.3, 0.4) is 0 Å². The molecular weight excluding hydrogens is 182 g/mol. The first-order valence-electron chi connectivity index (χ1n) is 6.29. The fourth-order valence-electron chi connectivity index (χ4n) is 0.748. The maximum atomic E-state index is 4.44. The van der Waals surface area contributed by atoms with Crippen LogP contribution >= 0.6 is 0 Å². The summed E-state index contributed by atoms with van der Waals surface area (Å²) in [6, 6.07) is 0. The first-order valence-corrected chi connectivity index (χ1v) is 6.29. The summed E-state index contributed by atoms with van der Waals surface area (Å²) in [5.74, 6) is 0.616. The molecule has 0 saturated heterocycles. The van der Waals surface area contributed by atoms with Crippen LogP contribution in [0.25, 0.3) is 0 Å². The van der Waals surface area contributed by atoms with Gasteiger partial charge in [0.2, 0.25) is 0 Å². The Morgan fingerprint density at radius 1 is 1.13 bits per heavy atom. The van der Waals surface area contributed by atoms with Crippen molar-refractivity contribution in [1.29, 1.82) is 0 Å². The van der Waals surface area contributed by atoms with Crippen LogP contribution in [0.4, 0.5) is 0 Å². The van der Waals surface area contributed by atoms with Crippen LogP contribution in [-0.4, -0.2) is 5.71 Å². The summed E-state index contributed by atoms with van der Waals surface area (Å²) in [6.07, 6.45) is 3.21. The van der Waals surface area contributed by atoms with E-state index in [1.165, 1.54) is 12.1 Å². The molecule has 0 aromatic rings. The molecule has 0 aliphatic carbocycles. The quantitative estimate of drug-likeness (QED) is 0.551. The average molecular weight is 213 g/mol. The summed E-state index contributed by atoms with van der Waals surface area (Å²) in [5, 5.41) is 0. The molecule has 0 aromatic heterocycles. The second kappa shape index (κ2) is 15.9. The highest BCUT2D eigenvalue weighted by atomic mass is 14.7. The molecule has 0 heterocycles. The first-order chi connectivity index (χ1) is 7.11. The van der Waals surface area contributed by atoms with E-state index in [1.807, 2.05) is 47.6 Å². The molecule has 0 radical (unpaired) electrons. The summed E-state index contributed by atoms with van der Waals surface area (Å²) >= 11 is 0. The molecule has 15 heavy (non-hydrogen) atoms. The Balaban J connectivity index is -0.000000318. The first kappa shape index (κ1) is 19.9. The van der Waals surface area contributed by atoms with Gasteiger partial charge in [0.05, 0.1) is 0 Å². The zero-order valence-electron chi connectivity index (χ0n) is 12.3. The van der Waals surface area contributed by atoms with E-state index in [1.54, 1.807) is 0 Å². The Morgan fingerprint density at radius 2 is 1.53 bits per heavy atom. The fraction of sp³-hybridized carbons (Fsp3) is 0.786. The summed E-state index contributed by atoms with van der Waals surface area (Å²) in [6.45, 7) is 18.5. The largest absolute Gasteiger partial charge is 0.263 e. The van der Waals surface area contributed by atoms with Gasteiger partial charge in [0, 0.05) is 11.4 Å². The number of nitrogens with zero attached hydrogens (tertiary/aromatic N) is 1. The van der Waals surface area contributed by atoms with Gasteiger partial charge >= 0.3 is 0 Å². The maximum Gasteiger partial charge on any atom is 0.0329 e. The zero-order chi connectivity index (χ0) is 12.9. The van der Waals surface area contributed by atoms with Gasteiger partial charge in [-0.05, 0) is 33.1 Å². The van der Waals surface area contributed by atoms with E-state index in [0.717, 1.165) is 5.70 Å². The Morgan fingerprint density at radius 3 is 1.80 bits per heavy atom. The minimum absolute atomic E-state index is 0.616. The summed E-state index contributed by atoms with van der Waals surface area (Å²) in [5.41, 5.74) is 2.35. The lowest BCUT2D eigenvalue weighted by Crippen LogP contribution is -2.05. The van der Waals surface area contributed by atoms with Gasteiger partial charge in [-0.15, -0.1) is 0 Å². The summed E-state index contributed by atoms with van der Waals surface area (Å²) in [4.78, 5) is 4.44. The van der Waals surface area contributed by atoms with Gasteiger partial charge in [-0.25, -0.2) is 0 Å². The predicted molar refractivity (Wildman–Crippen MR) is 74.7 cm³/mol. The number of hydrogen-bond acceptors (Lipinski definition) is 1. The van der Waals surface area contributed by atoms with Crippen molar-refractivity contribution in [3.8, 4) is 0 Å². The highest BCUT2D eigenvalue weighted by Gasteiger charge is 2.01. The summed E-state index contributed by atoms with van der Waals surface area (Å²) < 4.78 is 0. The average Bonchev–Trinajstić information content (AvgIpc) is 2.32. The maximum absolute atomic E-state index is 4.44. The Kier molecular flexibility index (Phi) is 21.1. The van der Waals surface area contributed by atoms with E-state index >= 15 is 0 Å². The second-order valence-electron chi connectivity index (χ2n) is 2.99. The predicted octanol–water partition coefficient (Wildman–Crippen LogP) is 5.47. The van der Waals surface area contributed by atoms with Crippen molar-refractivity contribution < 1.29 is 0 Å². The van der Waals surface area contributed by atoms with Crippen LogP contribution in [0, 0.1) is 5.92 Å². The molecule has 1 unspecified atom stereocenters. The lowest BCUT2D eigenvalue weighted by atomic mass is 10.0. The van der Waals surface area contributed by atoms with Crippen molar-refractivity contribution in [3.05, 3.63) is 11.8 Å². The van der Waals surface area contributed by atoms with Gasteiger partial charge in [-0.2, -0.15) is 0 Å². The van der Waals surface area contributed by atoms with Crippen molar-refractivity contribution in [1.82, 2.24) is 0 Å². The number of rotatable bonds is 3. The lowest BCUT2D eigenvalue weighted by molar-refractivity contribution is 0.734. The van der Waals surface area contributed by atoms with Crippen LogP contribution in [-0.2, 0) is 0 Å². The van der Waals surface area contributed by atoms with Crippen LogP contribution < -0.4 is 0 Å². The lowest BCUT2D eigenvalue weighted by Gasteiger charge is -2.07. The third-order valence-electron chi connectivity index (χ3n) is 2.10. The third-order valence-corrected chi connectivity index (χ3v) is 2.10. The van der Waals surface area contributed by atoms with Gasteiger partial charge in [0.15, 0.2) is 0 Å². The molecule has 0 aliphatic rings. The van der Waals surface area contributed by atoms with Crippen molar-refractivity contribution in [2.75, 3.05) is 0 Å². The Hall–Kier alpha value is -0.590. The molecule has 0 N–H and O–H groups in total. The molecule has 0 saturated carbocycles. The summed E-state index contributed by atoms with van der Waals surface area (Å²) in [7, 11) is 0. The molecular formula is C14H31N. The molecule has 0 amide bonds. The van der Waals surface area contributed by atoms with Gasteiger partial charge in [-0.1, -0.05) is 47.6 Å². The van der Waals surface area contributed by atoms with Crippen molar-refractivity contribution >= 4 is 5.71 Å².